The van der Waals surface area contributed by atoms with Crippen molar-refractivity contribution in [2.45, 2.75) is 26.6 Å². The smallest absolute Gasteiger partial charge is 0.342 e. The number of allylic oxidation sites excluding steroid dienone is 1. The average Bonchev–Trinajstić information content (AvgIpc) is 2.55. The van der Waals surface area contributed by atoms with Crippen molar-refractivity contribution in [1.82, 2.24) is 0 Å². The molecule has 0 aromatic heterocycles. The number of rotatable bonds is 5. The molecule has 0 radical (unpaired) electrons. The summed E-state index contributed by atoms with van der Waals surface area (Å²) >= 11 is 0. The Labute approximate surface area is 148 Å². The predicted octanol–water partition coefficient (Wildman–Crippen LogP) is 5.34. The van der Waals surface area contributed by atoms with Crippen molar-refractivity contribution < 1.29 is 22.4 Å². The standard InChI is InChI=1S/C19H18F4N2O/c1-3-10-25(18-7-5-4-6-17(18)24-13(2)26)12-14-8-9-16(20)15(11-14)19(21,22)23/h3-11H,12H2,1-2H3,(H,24,26)/b10-3+. The summed E-state index contributed by atoms with van der Waals surface area (Å²) in [6.45, 7) is 3.20. The lowest BCUT2D eigenvalue weighted by molar-refractivity contribution is -0.140. The maximum Gasteiger partial charge on any atom is 0.419 e. The first-order chi connectivity index (χ1) is 12.2. The van der Waals surface area contributed by atoms with Crippen LogP contribution < -0.4 is 10.2 Å². The highest BCUT2D eigenvalue weighted by molar-refractivity contribution is 5.92. The zero-order chi connectivity index (χ0) is 19.3. The Balaban J connectivity index is 2.40. The van der Waals surface area contributed by atoms with Crippen LogP contribution in [-0.4, -0.2) is 5.91 Å². The first-order valence-corrected chi connectivity index (χ1v) is 7.84. The van der Waals surface area contributed by atoms with Crippen LogP contribution in [0.3, 0.4) is 0 Å². The monoisotopic (exact) mass is 366 g/mol. The maximum atomic E-state index is 13.5. The Morgan fingerprint density at radius 2 is 1.88 bits per heavy atom. The Kier molecular flexibility index (Phi) is 6.02. The van der Waals surface area contributed by atoms with Gasteiger partial charge in [0, 0.05) is 19.7 Å². The van der Waals surface area contributed by atoms with Crippen molar-refractivity contribution in [2.24, 2.45) is 0 Å². The molecule has 2 rings (SSSR count). The van der Waals surface area contributed by atoms with Gasteiger partial charge in [0.1, 0.15) is 5.82 Å². The fourth-order valence-corrected chi connectivity index (χ4v) is 2.50. The Hall–Kier alpha value is -2.83. The molecule has 0 saturated heterocycles. The number of hydrogen-bond acceptors (Lipinski definition) is 2. The zero-order valence-electron chi connectivity index (χ0n) is 14.3. The van der Waals surface area contributed by atoms with E-state index >= 15 is 0 Å². The van der Waals surface area contributed by atoms with Gasteiger partial charge in [-0.3, -0.25) is 4.79 Å². The van der Waals surface area contributed by atoms with Gasteiger partial charge in [-0.05, 0) is 36.8 Å². The molecular weight excluding hydrogens is 348 g/mol. The van der Waals surface area contributed by atoms with E-state index in [1.807, 2.05) is 0 Å². The Bertz CT molecular complexity index is 815. The fraction of sp³-hybridized carbons (Fsp3) is 0.211. The van der Waals surface area contributed by atoms with Gasteiger partial charge in [0.25, 0.3) is 0 Å². The molecule has 0 saturated carbocycles. The van der Waals surface area contributed by atoms with Crippen molar-refractivity contribution >= 4 is 17.3 Å². The molecule has 0 aliphatic rings. The third-order valence-corrected chi connectivity index (χ3v) is 3.54. The van der Waals surface area contributed by atoms with E-state index in [9.17, 15) is 22.4 Å². The van der Waals surface area contributed by atoms with E-state index in [1.54, 1.807) is 48.4 Å². The van der Waals surface area contributed by atoms with Crippen LogP contribution in [0.5, 0.6) is 0 Å². The van der Waals surface area contributed by atoms with Crippen molar-refractivity contribution in [2.75, 3.05) is 10.2 Å². The van der Waals surface area contributed by atoms with Crippen molar-refractivity contribution in [3.8, 4) is 0 Å². The van der Waals surface area contributed by atoms with Crippen LogP contribution in [-0.2, 0) is 17.5 Å². The number of nitrogens with one attached hydrogen (secondary N) is 1. The second kappa shape index (κ2) is 8.03. The summed E-state index contributed by atoms with van der Waals surface area (Å²) in [4.78, 5) is 13.1. The lowest BCUT2D eigenvalue weighted by atomic mass is 10.1. The number of carbonyl (C=O) groups is 1. The van der Waals surface area contributed by atoms with E-state index in [-0.39, 0.29) is 18.0 Å². The molecule has 0 fully saturated rings. The van der Waals surface area contributed by atoms with Gasteiger partial charge in [-0.15, -0.1) is 0 Å². The molecule has 3 nitrogen and oxygen atoms in total. The quantitative estimate of drug-likeness (QED) is 0.724. The molecule has 1 amide bonds. The van der Waals surface area contributed by atoms with Gasteiger partial charge in [-0.1, -0.05) is 24.3 Å². The molecule has 1 N–H and O–H groups in total. The van der Waals surface area contributed by atoms with Crippen LogP contribution in [0, 0.1) is 5.82 Å². The van der Waals surface area contributed by atoms with Gasteiger partial charge < -0.3 is 10.2 Å². The molecule has 0 heterocycles. The number of amides is 1. The zero-order valence-corrected chi connectivity index (χ0v) is 14.3. The normalized spacial score (nSPS) is 11.6. The second-order valence-electron chi connectivity index (χ2n) is 5.62. The lowest BCUT2D eigenvalue weighted by Gasteiger charge is -2.24. The predicted molar refractivity (Wildman–Crippen MR) is 93.1 cm³/mol. The van der Waals surface area contributed by atoms with Crippen molar-refractivity contribution in [3.05, 3.63) is 71.7 Å². The number of carbonyl (C=O) groups excluding carboxylic acids is 1. The molecule has 0 spiro atoms. The number of anilines is 2. The Morgan fingerprint density at radius 3 is 2.50 bits per heavy atom. The molecular formula is C19H18F4N2O. The van der Waals surface area contributed by atoms with Crippen molar-refractivity contribution in [3.63, 3.8) is 0 Å². The molecule has 0 aliphatic carbocycles. The Morgan fingerprint density at radius 1 is 1.19 bits per heavy atom. The number of para-hydroxylation sites is 2. The fourth-order valence-electron chi connectivity index (χ4n) is 2.50. The number of hydrogen-bond donors (Lipinski definition) is 1. The van der Waals surface area contributed by atoms with Gasteiger partial charge in [0.05, 0.1) is 16.9 Å². The summed E-state index contributed by atoms with van der Waals surface area (Å²) in [5.74, 6) is -1.57. The minimum Gasteiger partial charge on any atom is -0.342 e. The molecule has 7 heteroatoms. The van der Waals surface area contributed by atoms with Crippen LogP contribution in [0.1, 0.15) is 25.0 Å². The van der Waals surface area contributed by atoms with E-state index in [4.69, 9.17) is 0 Å². The minimum absolute atomic E-state index is 0.0737. The van der Waals surface area contributed by atoms with Gasteiger partial charge in [0.15, 0.2) is 0 Å². The molecule has 2 aromatic rings. The first-order valence-electron chi connectivity index (χ1n) is 7.84. The third kappa shape index (κ3) is 4.84. The molecule has 0 aliphatic heterocycles. The van der Waals surface area contributed by atoms with E-state index in [2.05, 4.69) is 5.32 Å². The number of alkyl halides is 3. The third-order valence-electron chi connectivity index (χ3n) is 3.54. The van der Waals surface area contributed by atoms with E-state index in [0.29, 0.717) is 11.4 Å². The molecule has 0 bridgehead atoms. The minimum atomic E-state index is -4.76. The largest absolute Gasteiger partial charge is 0.419 e. The number of benzene rings is 2. The van der Waals surface area contributed by atoms with Crippen LogP contribution in [0.25, 0.3) is 0 Å². The van der Waals surface area contributed by atoms with E-state index in [1.165, 1.54) is 13.0 Å². The van der Waals surface area contributed by atoms with Gasteiger partial charge in [0.2, 0.25) is 5.91 Å². The molecule has 0 unspecified atom stereocenters. The highest BCUT2D eigenvalue weighted by Crippen LogP contribution is 2.33. The first kappa shape index (κ1) is 19.5. The SMILES string of the molecule is C/C=C/N(Cc1ccc(F)c(C(F)(F)F)c1)c1ccccc1NC(C)=O. The number of nitrogens with zero attached hydrogens (tertiary/aromatic N) is 1. The molecule has 0 atom stereocenters. The van der Waals surface area contributed by atoms with Crippen molar-refractivity contribution in [1.29, 1.82) is 0 Å². The van der Waals surface area contributed by atoms with Gasteiger partial charge in [-0.25, -0.2) is 4.39 Å². The summed E-state index contributed by atoms with van der Waals surface area (Å²) in [7, 11) is 0. The van der Waals surface area contributed by atoms with E-state index in [0.717, 1.165) is 12.1 Å². The molecule has 26 heavy (non-hydrogen) atoms. The maximum absolute atomic E-state index is 13.5. The lowest BCUT2D eigenvalue weighted by Crippen LogP contribution is -2.19. The summed E-state index contributed by atoms with van der Waals surface area (Å²) in [6.07, 6.45) is -1.37. The average molecular weight is 366 g/mol. The van der Waals surface area contributed by atoms with Gasteiger partial charge in [-0.2, -0.15) is 13.2 Å². The van der Waals surface area contributed by atoms with Gasteiger partial charge >= 0.3 is 6.18 Å². The summed E-state index contributed by atoms with van der Waals surface area (Å²) in [5.41, 5.74) is 0.120. The van der Waals surface area contributed by atoms with Crippen LogP contribution in [0.2, 0.25) is 0 Å². The highest BCUT2D eigenvalue weighted by Gasteiger charge is 2.34. The van der Waals surface area contributed by atoms with Crippen LogP contribution >= 0.6 is 0 Å². The molecule has 2 aromatic carbocycles. The van der Waals surface area contributed by atoms with Crippen LogP contribution in [0.4, 0.5) is 28.9 Å². The molecule has 138 valence electrons. The highest BCUT2D eigenvalue weighted by atomic mass is 19.4. The summed E-state index contributed by atoms with van der Waals surface area (Å²) in [6, 6.07) is 9.84. The second-order valence-corrected chi connectivity index (χ2v) is 5.62. The summed E-state index contributed by atoms with van der Waals surface area (Å²) in [5, 5.41) is 2.69. The summed E-state index contributed by atoms with van der Waals surface area (Å²) < 4.78 is 52.3. The van der Waals surface area contributed by atoms with E-state index < -0.39 is 17.6 Å². The van der Waals surface area contributed by atoms with Crippen LogP contribution in [0.15, 0.2) is 54.7 Å². The topological polar surface area (TPSA) is 32.3 Å². The number of halogens is 4.